The quantitative estimate of drug-likeness (QED) is 0.841. The molecule has 2 heterocycles. The van der Waals surface area contributed by atoms with E-state index >= 15 is 0 Å². The van der Waals surface area contributed by atoms with Gasteiger partial charge < -0.3 is 15.1 Å². The lowest BCUT2D eigenvalue weighted by Gasteiger charge is -2.25. The van der Waals surface area contributed by atoms with E-state index < -0.39 is 0 Å². The number of hydrogen-bond donors (Lipinski definition) is 1. The summed E-state index contributed by atoms with van der Waals surface area (Å²) in [5, 5.41) is 2.87. The average Bonchev–Trinajstić information content (AvgIpc) is 3.00. The molecule has 7 heteroatoms. The summed E-state index contributed by atoms with van der Waals surface area (Å²) in [7, 11) is 0. The van der Waals surface area contributed by atoms with E-state index in [1.54, 1.807) is 34.3 Å². The molecule has 0 bridgehead atoms. The highest BCUT2D eigenvalue weighted by molar-refractivity contribution is 5.94. The SMILES string of the molecule is CC(=O)NC(CC(=O)N1CCCN(C(=O)c2ccncc2)CC1)c1ccccc1. The van der Waals surface area contributed by atoms with Gasteiger partial charge in [0.25, 0.3) is 5.91 Å². The zero-order valence-electron chi connectivity index (χ0n) is 16.6. The summed E-state index contributed by atoms with van der Waals surface area (Å²) >= 11 is 0. The zero-order chi connectivity index (χ0) is 20.6. The highest BCUT2D eigenvalue weighted by Crippen LogP contribution is 2.19. The second-order valence-corrected chi connectivity index (χ2v) is 7.13. The molecule has 1 saturated heterocycles. The van der Waals surface area contributed by atoms with Crippen LogP contribution in [0, 0.1) is 0 Å². The maximum absolute atomic E-state index is 12.9. The van der Waals surface area contributed by atoms with Gasteiger partial charge in [-0.2, -0.15) is 0 Å². The van der Waals surface area contributed by atoms with Crippen LogP contribution < -0.4 is 5.32 Å². The van der Waals surface area contributed by atoms with Crippen molar-refractivity contribution in [3.63, 3.8) is 0 Å². The van der Waals surface area contributed by atoms with Gasteiger partial charge in [0.1, 0.15) is 0 Å². The number of aromatic nitrogens is 1. The van der Waals surface area contributed by atoms with Crippen LogP contribution in [-0.4, -0.2) is 58.7 Å². The molecule has 3 rings (SSSR count). The first-order valence-corrected chi connectivity index (χ1v) is 9.83. The Morgan fingerprint density at radius 1 is 0.966 bits per heavy atom. The summed E-state index contributed by atoms with van der Waals surface area (Å²) in [5.41, 5.74) is 1.51. The number of amides is 3. The lowest BCUT2D eigenvalue weighted by Crippen LogP contribution is -2.39. The fourth-order valence-corrected chi connectivity index (χ4v) is 3.53. The summed E-state index contributed by atoms with van der Waals surface area (Å²) < 4.78 is 0. The summed E-state index contributed by atoms with van der Waals surface area (Å²) in [5.74, 6) is -0.232. The van der Waals surface area contributed by atoms with Gasteiger partial charge in [-0.1, -0.05) is 30.3 Å². The maximum Gasteiger partial charge on any atom is 0.254 e. The molecule has 0 spiro atoms. The second-order valence-electron chi connectivity index (χ2n) is 7.13. The fourth-order valence-electron chi connectivity index (χ4n) is 3.53. The number of nitrogens with zero attached hydrogens (tertiary/aromatic N) is 3. The molecule has 152 valence electrons. The molecule has 7 nitrogen and oxygen atoms in total. The van der Waals surface area contributed by atoms with E-state index in [9.17, 15) is 14.4 Å². The number of carbonyl (C=O) groups excluding carboxylic acids is 3. The van der Waals surface area contributed by atoms with E-state index in [2.05, 4.69) is 10.3 Å². The van der Waals surface area contributed by atoms with E-state index in [1.165, 1.54) is 6.92 Å². The van der Waals surface area contributed by atoms with E-state index in [0.717, 1.165) is 12.0 Å². The van der Waals surface area contributed by atoms with Crippen molar-refractivity contribution in [2.45, 2.75) is 25.8 Å². The van der Waals surface area contributed by atoms with Crippen molar-refractivity contribution in [1.29, 1.82) is 0 Å². The first kappa shape index (κ1) is 20.5. The van der Waals surface area contributed by atoms with Gasteiger partial charge in [0.05, 0.1) is 12.5 Å². The summed E-state index contributed by atoms with van der Waals surface area (Å²) in [6.07, 6.45) is 4.12. The fraction of sp³-hybridized carbons (Fsp3) is 0.364. The number of nitrogens with one attached hydrogen (secondary N) is 1. The Labute approximate surface area is 170 Å². The van der Waals surface area contributed by atoms with Crippen LogP contribution in [-0.2, 0) is 9.59 Å². The Hall–Kier alpha value is -3.22. The first-order chi connectivity index (χ1) is 14.0. The highest BCUT2D eigenvalue weighted by Gasteiger charge is 2.25. The van der Waals surface area contributed by atoms with Crippen LogP contribution in [0.5, 0.6) is 0 Å². The van der Waals surface area contributed by atoms with Crippen LogP contribution in [0.1, 0.15) is 41.7 Å². The van der Waals surface area contributed by atoms with Crippen molar-refractivity contribution in [2.75, 3.05) is 26.2 Å². The van der Waals surface area contributed by atoms with E-state index in [4.69, 9.17) is 0 Å². The third-order valence-corrected chi connectivity index (χ3v) is 5.02. The van der Waals surface area contributed by atoms with Gasteiger partial charge in [0, 0.05) is 51.1 Å². The molecule has 1 atom stereocenters. The van der Waals surface area contributed by atoms with Crippen LogP contribution in [0.3, 0.4) is 0 Å². The Morgan fingerprint density at radius 3 is 2.31 bits per heavy atom. The minimum absolute atomic E-state index is 0.0224. The molecule has 2 aromatic rings. The summed E-state index contributed by atoms with van der Waals surface area (Å²) in [4.78, 5) is 44.7. The number of rotatable bonds is 5. The molecular formula is C22H26N4O3. The molecule has 1 aliphatic heterocycles. The van der Waals surface area contributed by atoms with Gasteiger partial charge in [0.2, 0.25) is 11.8 Å². The largest absolute Gasteiger partial charge is 0.349 e. The topological polar surface area (TPSA) is 82.6 Å². The predicted octanol–water partition coefficient (Wildman–Crippen LogP) is 2.02. The molecule has 0 aliphatic carbocycles. The molecule has 0 saturated carbocycles. The Bertz CT molecular complexity index is 842. The van der Waals surface area contributed by atoms with Gasteiger partial charge in [-0.15, -0.1) is 0 Å². The Balaban J connectivity index is 1.62. The van der Waals surface area contributed by atoms with Crippen molar-refractivity contribution in [3.05, 3.63) is 66.0 Å². The Kier molecular flexibility index (Phi) is 6.94. The Morgan fingerprint density at radius 2 is 1.62 bits per heavy atom. The maximum atomic E-state index is 12.9. The van der Waals surface area contributed by atoms with Crippen molar-refractivity contribution in [2.24, 2.45) is 0 Å². The second kappa shape index (κ2) is 9.82. The van der Waals surface area contributed by atoms with Crippen LogP contribution in [0.15, 0.2) is 54.9 Å². The summed E-state index contributed by atoms with van der Waals surface area (Å²) in [6.45, 7) is 3.63. The van der Waals surface area contributed by atoms with Crippen molar-refractivity contribution in [1.82, 2.24) is 20.1 Å². The molecular weight excluding hydrogens is 368 g/mol. The minimum Gasteiger partial charge on any atom is -0.349 e. The van der Waals surface area contributed by atoms with Crippen LogP contribution in [0.4, 0.5) is 0 Å². The lowest BCUT2D eigenvalue weighted by atomic mass is 10.0. The smallest absolute Gasteiger partial charge is 0.254 e. The van der Waals surface area contributed by atoms with Gasteiger partial charge in [-0.05, 0) is 24.1 Å². The molecule has 0 radical (unpaired) electrons. The van der Waals surface area contributed by atoms with Gasteiger partial charge in [0.15, 0.2) is 0 Å². The number of benzene rings is 1. The molecule has 1 aliphatic rings. The monoisotopic (exact) mass is 394 g/mol. The van der Waals surface area contributed by atoms with Crippen LogP contribution in [0.2, 0.25) is 0 Å². The van der Waals surface area contributed by atoms with Crippen LogP contribution in [0.25, 0.3) is 0 Å². The normalized spacial score (nSPS) is 15.3. The standard InChI is InChI=1S/C22H26N4O3/c1-17(27)24-20(18-6-3-2-4-7-18)16-21(28)25-12-5-13-26(15-14-25)22(29)19-8-10-23-11-9-19/h2-4,6-11,20H,5,12-16H2,1H3,(H,24,27). The number of hydrogen-bond acceptors (Lipinski definition) is 4. The number of carbonyl (C=O) groups is 3. The molecule has 1 aromatic carbocycles. The highest BCUT2D eigenvalue weighted by atomic mass is 16.2. The molecule has 1 unspecified atom stereocenters. The van der Waals surface area contributed by atoms with E-state index in [-0.39, 0.29) is 30.2 Å². The minimum atomic E-state index is -0.362. The van der Waals surface area contributed by atoms with E-state index in [0.29, 0.717) is 31.7 Å². The van der Waals surface area contributed by atoms with E-state index in [1.807, 2.05) is 30.3 Å². The molecule has 3 amide bonds. The molecule has 1 fully saturated rings. The summed E-state index contributed by atoms with van der Waals surface area (Å²) in [6, 6.07) is 12.5. The number of pyridine rings is 1. The average molecular weight is 394 g/mol. The van der Waals surface area contributed by atoms with Gasteiger partial charge >= 0.3 is 0 Å². The van der Waals surface area contributed by atoms with Crippen molar-refractivity contribution < 1.29 is 14.4 Å². The van der Waals surface area contributed by atoms with Crippen molar-refractivity contribution in [3.8, 4) is 0 Å². The zero-order valence-corrected chi connectivity index (χ0v) is 16.6. The van der Waals surface area contributed by atoms with Gasteiger partial charge in [-0.3, -0.25) is 19.4 Å². The predicted molar refractivity (Wildman–Crippen MR) is 109 cm³/mol. The van der Waals surface area contributed by atoms with Crippen molar-refractivity contribution >= 4 is 17.7 Å². The third-order valence-electron chi connectivity index (χ3n) is 5.02. The van der Waals surface area contributed by atoms with Gasteiger partial charge in [-0.25, -0.2) is 0 Å². The van der Waals surface area contributed by atoms with Crippen LogP contribution >= 0.6 is 0 Å². The molecule has 1 aromatic heterocycles. The lowest BCUT2D eigenvalue weighted by molar-refractivity contribution is -0.131. The third kappa shape index (κ3) is 5.63. The first-order valence-electron chi connectivity index (χ1n) is 9.83. The molecule has 1 N–H and O–H groups in total. The molecule has 29 heavy (non-hydrogen) atoms.